The monoisotopic (exact) mass is 376 g/mol. The van der Waals surface area contributed by atoms with Crippen molar-refractivity contribution >= 4 is 11.6 Å². The minimum Gasteiger partial charge on any atom is -0.325 e. The summed E-state index contributed by atoms with van der Waals surface area (Å²) in [5.74, 6) is 0.683. The van der Waals surface area contributed by atoms with E-state index in [-0.39, 0.29) is 11.9 Å². The van der Waals surface area contributed by atoms with Gasteiger partial charge in [-0.1, -0.05) is 48.9 Å². The largest absolute Gasteiger partial charge is 0.325 e. The van der Waals surface area contributed by atoms with Crippen LogP contribution >= 0.6 is 0 Å². The van der Waals surface area contributed by atoms with Crippen molar-refractivity contribution in [2.75, 3.05) is 11.9 Å². The van der Waals surface area contributed by atoms with Gasteiger partial charge < -0.3 is 10.6 Å². The molecular weight excluding hydrogens is 352 g/mol. The Morgan fingerprint density at radius 3 is 2.68 bits per heavy atom. The molecule has 7 nitrogen and oxygen atoms in total. The number of hydrogen-bond donors (Lipinski definition) is 2. The van der Waals surface area contributed by atoms with Gasteiger partial charge in [0, 0.05) is 11.3 Å². The molecule has 1 aliphatic heterocycles. The summed E-state index contributed by atoms with van der Waals surface area (Å²) in [6.45, 7) is 1.57. The maximum absolute atomic E-state index is 12.3. The van der Waals surface area contributed by atoms with Crippen LogP contribution in [0.1, 0.15) is 24.8 Å². The molecule has 1 aromatic heterocycles. The number of aryl methyl sites for hydroxylation is 2. The van der Waals surface area contributed by atoms with Crippen molar-refractivity contribution < 1.29 is 4.79 Å². The second-order valence-corrected chi connectivity index (χ2v) is 7.01. The summed E-state index contributed by atoms with van der Waals surface area (Å²) in [5, 5.41) is 18.9. The van der Waals surface area contributed by atoms with Gasteiger partial charge in [-0.2, -0.15) is 4.80 Å². The molecule has 4 rings (SSSR count). The number of aromatic nitrogens is 4. The fourth-order valence-corrected chi connectivity index (χ4v) is 3.33. The standard InChI is InChI=1S/C21H24N6O/c28-21(19-8-4-5-14-22-19)23-18-11-9-16(10-12-18)13-15-27-25-20(24-26-27)17-6-2-1-3-7-17/h1-3,6-7,9-12,19,22H,4-5,8,13-15H2,(H,23,28). The van der Waals surface area contributed by atoms with Crippen LogP contribution in [0, 0.1) is 0 Å². The van der Waals surface area contributed by atoms with E-state index in [1.165, 1.54) is 0 Å². The number of nitrogens with zero attached hydrogens (tertiary/aromatic N) is 4. The molecule has 0 aliphatic carbocycles. The Kier molecular flexibility index (Phi) is 5.72. The van der Waals surface area contributed by atoms with E-state index in [0.717, 1.165) is 49.0 Å². The smallest absolute Gasteiger partial charge is 0.241 e. The van der Waals surface area contributed by atoms with Crippen molar-refractivity contribution in [1.29, 1.82) is 0 Å². The lowest BCUT2D eigenvalue weighted by Gasteiger charge is -2.22. The van der Waals surface area contributed by atoms with Gasteiger partial charge in [0.1, 0.15) is 0 Å². The number of tetrazole rings is 1. The first-order chi connectivity index (χ1) is 13.8. The zero-order chi connectivity index (χ0) is 19.2. The molecule has 144 valence electrons. The molecule has 1 saturated heterocycles. The molecule has 1 amide bonds. The van der Waals surface area contributed by atoms with Crippen molar-refractivity contribution in [2.24, 2.45) is 0 Å². The highest BCUT2D eigenvalue weighted by Crippen LogP contribution is 2.14. The van der Waals surface area contributed by atoms with Gasteiger partial charge >= 0.3 is 0 Å². The molecule has 0 spiro atoms. The molecule has 1 fully saturated rings. The normalized spacial score (nSPS) is 16.6. The van der Waals surface area contributed by atoms with Crippen molar-refractivity contribution in [2.45, 2.75) is 38.3 Å². The molecule has 2 heterocycles. The zero-order valence-electron chi connectivity index (χ0n) is 15.7. The number of benzene rings is 2. The van der Waals surface area contributed by atoms with E-state index in [1.54, 1.807) is 4.80 Å². The van der Waals surface area contributed by atoms with Crippen LogP contribution in [0.2, 0.25) is 0 Å². The van der Waals surface area contributed by atoms with Crippen molar-refractivity contribution in [3.8, 4) is 11.4 Å². The first kappa shape index (κ1) is 18.3. The predicted molar refractivity (Wildman–Crippen MR) is 108 cm³/mol. The molecule has 2 aromatic carbocycles. The minimum atomic E-state index is -0.0781. The van der Waals surface area contributed by atoms with E-state index in [2.05, 4.69) is 26.0 Å². The Morgan fingerprint density at radius 1 is 1.11 bits per heavy atom. The highest BCUT2D eigenvalue weighted by molar-refractivity contribution is 5.94. The number of carbonyl (C=O) groups excluding carboxylic acids is 1. The number of piperidine rings is 1. The second kappa shape index (κ2) is 8.75. The van der Waals surface area contributed by atoms with E-state index in [9.17, 15) is 4.79 Å². The zero-order valence-corrected chi connectivity index (χ0v) is 15.7. The van der Waals surface area contributed by atoms with Gasteiger partial charge in [0.25, 0.3) is 0 Å². The molecule has 7 heteroatoms. The molecule has 0 saturated carbocycles. The Balaban J connectivity index is 1.30. The number of amides is 1. The van der Waals surface area contributed by atoms with Crippen LogP contribution in [0.4, 0.5) is 5.69 Å². The first-order valence-corrected chi connectivity index (χ1v) is 9.74. The third-order valence-electron chi connectivity index (χ3n) is 4.93. The van der Waals surface area contributed by atoms with E-state index in [1.807, 2.05) is 54.6 Å². The average molecular weight is 376 g/mol. The van der Waals surface area contributed by atoms with Gasteiger partial charge in [-0.25, -0.2) is 0 Å². The van der Waals surface area contributed by atoms with Crippen LogP contribution in [0.25, 0.3) is 11.4 Å². The van der Waals surface area contributed by atoms with Crippen LogP contribution in [0.3, 0.4) is 0 Å². The van der Waals surface area contributed by atoms with Gasteiger partial charge in [0.05, 0.1) is 12.6 Å². The quantitative estimate of drug-likeness (QED) is 0.691. The summed E-state index contributed by atoms with van der Waals surface area (Å²) in [4.78, 5) is 13.9. The minimum absolute atomic E-state index is 0.0488. The summed E-state index contributed by atoms with van der Waals surface area (Å²) < 4.78 is 0. The molecule has 0 radical (unpaired) electrons. The fourth-order valence-electron chi connectivity index (χ4n) is 3.33. The van der Waals surface area contributed by atoms with E-state index in [4.69, 9.17) is 0 Å². The van der Waals surface area contributed by atoms with Crippen LogP contribution in [-0.4, -0.2) is 38.7 Å². The summed E-state index contributed by atoms with van der Waals surface area (Å²) in [7, 11) is 0. The van der Waals surface area contributed by atoms with Crippen molar-refractivity contribution in [3.05, 3.63) is 60.2 Å². The highest BCUT2D eigenvalue weighted by Gasteiger charge is 2.20. The molecule has 1 unspecified atom stereocenters. The van der Waals surface area contributed by atoms with Gasteiger partial charge in [-0.15, -0.1) is 10.2 Å². The third kappa shape index (κ3) is 4.61. The Morgan fingerprint density at radius 2 is 1.93 bits per heavy atom. The van der Waals surface area contributed by atoms with Crippen LogP contribution in [0.5, 0.6) is 0 Å². The number of nitrogens with one attached hydrogen (secondary N) is 2. The fraction of sp³-hybridized carbons (Fsp3) is 0.333. The van der Waals surface area contributed by atoms with Gasteiger partial charge in [0.2, 0.25) is 11.7 Å². The highest BCUT2D eigenvalue weighted by atomic mass is 16.2. The SMILES string of the molecule is O=C(Nc1ccc(CCn2nnc(-c3ccccc3)n2)cc1)C1CCCCN1. The van der Waals surface area contributed by atoms with E-state index in [0.29, 0.717) is 12.4 Å². The van der Waals surface area contributed by atoms with Crippen LogP contribution < -0.4 is 10.6 Å². The maximum atomic E-state index is 12.3. The second-order valence-electron chi connectivity index (χ2n) is 7.01. The molecule has 0 bridgehead atoms. The maximum Gasteiger partial charge on any atom is 0.241 e. The van der Waals surface area contributed by atoms with Crippen LogP contribution in [-0.2, 0) is 17.8 Å². The topological polar surface area (TPSA) is 84.7 Å². The van der Waals surface area contributed by atoms with E-state index < -0.39 is 0 Å². The van der Waals surface area contributed by atoms with Gasteiger partial charge in [-0.05, 0) is 48.7 Å². The van der Waals surface area contributed by atoms with Crippen molar-refractivity contribution in [1.82, 2.24) is 25.5 Å². The molecule has 1 atom stereocenters. The van der Waals surface area contributed by atoms with Crippen LogP contribution in [0.15, 0.2) is 54.6 Å². The first-order valence-electron chi connectivity index (χ1n) is 9.74. The predicted octanol–water partition coefficient (Wildman–Crippen LogP) is 2.66. The van der Waals surface area contributed by atoms with Gasteiger partial charge in [-0.3, -0.25) is 4.79 Å². The molecular formula is C21H24N6O. The van der Waals surface area contributed by atoms with Gasteiger partial charge in [0.15, 0.2) is 0 Å². The number of hydrogen-bond acceptors (Lipinski definition) is 5. The lowest BCUT2D eigenvalue weighted by atomic mass is 10.0. The van der Waals surface area contributed by atoms with E-state index >= 15 is 0 Å². The Hall–Kier alpha value is -3.06. The Bertz CT molecular complexity index is 900. The Labute approximate surface area is 164 Å². The molecule has 3 aromatic rings. The lowest BCUT2D eigenvalue weighted by Crippen LogP contribution is -2.43. The third-order valence-corrected chi connectivity index (χ3v) is 4.93. The number of rotatable bonds is 6. The summed E-state index contributed by atoms with van der Waals surface area (Å²) in [5.41, 5.74) is 2.94. The molecule has 1 aliphatic rings. The molecule has 28 heavy (non-hydrogen) atoms. The summed E-state index contributed by atoms with van der Waals surface area (Å²) in [6, 6.07) is 17.7. The lowest BCUT2D eigenvalue weighted by molar-refractivity contribution is -0.118. The average Bonchev–Trinajstić information content (AvgIpc) is 3.24. The number of carbonyl (C=O) groups is 1. The summed E-state index contributed by atoms with van der Waals surface area (Å²) in [6.07, 6.45) is 3.95. The van der Waals surface area contributed by atoms with Crippen molar-refractivity contribution in [3.63, 3.8) is 0 Å². The summed E-state index contributed by atoms with van der Waals surface area (Å²) >= 11 is 0. The molecule has 2 N–H and O–H groups in total. The number of anilines is 1.